The van der Waals surface area contributed by atoms with E-state index in [-0.39, 0.29) is 11.5 Å². The van der Waals surface area contributed by atoms with Crippen LogP contribution in [-0.4, -0.2) is 23.5 Å². The summed E-state index contributed by atoms with van der Waals surface area (Å²) >= 11 is 1.61. The zero-order chi connectivity index (χ0) is 17.1. The van der Waals surface area contributed by atoms with Crippen LogP contribution in [-0.2, 0) is 4.84 Å². The molecule has 0 atom stereocenters. The highest BCUT2D eigenvalue weighted by Gasteiger charge is 2.17. The minimum atomic E-state index is 0.234. The van der Waals surface area contributed by atoms with E-state index in [1.165, 1.54) is 7.11 Å². The molecule has 0 spiro atoms. The van der Waals surface area contributed by atoms with Gasteiger partial charge in [-0.25, -0.2) is 0 Å². The number of nitrogens with zero attached hydrogens (tertiary/aromatic N) is 1. The van der Waals surface area contributed by atoms with Gasteiger partial charge in [0.15, 0.2) is 0 Å². The Balaban J connectivity index is 2.17. The van der Waals surface area contributed by atoms with Crippen molar-refractivity contribution >= 4 is 17.6 Å². The predicted octanol–water partition coefficient (Wildman–Crippen LogP) is 4.78. The summed E-state index contributed by atoms with van der Waals surface area (Å²) in [5.74, 6) is 0.477. The van der Waals surface area contributed by atoms with Crippen LogP contribution >= 0.6 is 11.3 Å². The van der Waals surface area contributed by atoms with E-state index in [2.05, 4.69) is 12.1 Å². The molecular formula is C19H17NO3S. The van der Waals surface area contributed by atoms with Gasteiger partial charge in [-0.2, -0.15) is 0 Å². The van der Waals surface area contributed by atoms with Crippen LogP contribution in [0.25, 0.3) is 21.6 Å². The Labute approximate surface area is 144 Å². The van der Waals surface area contributed by atoms with Crippen molar-refractivity contribution in [3.05, 3.63) is 59.0 Å². The van der Waals surface area contributed by atoms with Crippen LogP contribution in [0.3, 0.4) is 0 Å². The maximum atomic E-state index is 9.53. The molecule has 3 rings (SSSR count). The third kappa shape index (κ3) is 3.12. The summed E-state index contributed by atoms with van der Waals surface area (Å²) in [4.78, 5) is 6.91. The molecule has 1 aromatic heterocycles. The molecule has 0 aliphatic heterocycles. The van der Waals surface area contributed by atoms with Gasteiger partial charge in [0.1, 0.15) is 18.6 Å². The zero-order valence-corrected chi connectivity index (χ0v) is 14.2. The van der Waals surface area contributed by atoms with Crippen LogP contribution in [0.5, 0.6) is 11.5 Å². The molecule has 122 valence electrons. The van der Waals surface area contributed by atoms with Crippen LogP contribution in [0.2, 0.25) is 0 Å². The van der Waals surface area contributed by atoms with Crippen LogP contribution in [0.15, 0.2) is 53.7 Å². The molecule has 2 aromatic carbocycles. The summed E-state index contributed by atoms with van der Waals surface area (Å²) in [5.41, 5.74) is 4.22. The molecule has 0 saturated heterocycles. The number of rotatable bonds is 4. The van der Waals surface area contributed by atoms with Gasteiger partial charge in [0.05, 0.1) is 11.1 Å². The van der Waals surface area contributed by atoms with Gasteiger partial charge in [0, 0.05) is 10.4 Å². The van der Waals surface area contributed by atoms with Crippen LogP contribution in [0.4, 0.5) is 0 Å². The summed E-state index contributed by atoms with van der Waals surface area (Å²) in [7, 11) is 1.51. The second-order valence-corrected chi connectivity index (χ2v) is 6.36. The Bertz CT molecular complexity index is 865. The van der Waals surface area contributed by atoms with Gasteiger partial charge in [-0.15, -0.1) is 11.3 Å². The first-order chi connectivity index (χ1) is 11.6. The van der Waals surface area contributed by atoms with E-state index < -0.39 is 0 Å². The van der Waals surface area contributed by atoms with Gasteiger partial charge in [-0.05, 0) is 60.0 Å². The molecular weight excluding hydrogens is 322 g/mol. The topological polar surface area (TPSA) is 62.0 Å². The standard InChI is InChI=1S/C19H17NO3S/c1-12-18(13-3-7-15(21)8-4-13)17(11-20-23-2)24-19(12)14-5-9-16(22)10-6-14/h3-11,21-22H,1-2H3. The lowest BCUT2D eigenvalue weighted by Crippen LogP contribution is -1.85. The summed E-state index contributed by atoms with van der Waals surface area (Å²) in [5, 5.41) is 22.9. The smallest absolute Gasteiger partial charge is 0.115 e. The third-order valence-electron chi connectivity index (χ3n) is 3.73. The maximum absolute atomic E-state index is 9.53. The lowest BCUT2D eigenvalue weighted by atomic mass is 9.99. The lowest BCUT2D eigenvalue weighted by molar-refractivity contribution is 0.215. The second kappa shape index (κ2) is 6.76. The highest BCUT2D eigenvalue weighted by atomic mass is 32.1. The monoisotopic (exact) mass is 339 g/mol. The van der Waals surface area contributed by atoms with Crippen molar-refractivity contribution in [3.8, 4) is 33.1 Å². The summed E-state index contributed by atoms with van der Waals surface area (Å²) in [6.07, 6.45) is 1.70. The van der Waals surface area contributed by atoms with E-state index in [0.717, 1.165) is 32.0 Å². The average Bonchev–Trinajstić information content (AvgIpc) is 2.91. The number of aromatic hydroxyl groups is 2. The van der Waals surface area contributed by atoms with Gasteiger partial charge < -0.3 is 15.1 Å². The second-order valence-electron chi connectivity index (χ2n) is 5.31. The molecule has 0 amide bonds. The Kier molecular flexibility index (Phi) is 4.53. The molecule has 0 saturated carbocycles. The fraction of sp³-hybridized carbons (Fsp3) is 0.105. The number of phenolic OH excluding ortho intramolecular Hbond substituents is 2. The summed E-state index contributed by atoms with van der Waals surface area (Å²) in [6.45, 7) is 2.06. The Morgan fingerprint density at radius 3 is 2.00 bits per heavy atom. The van der Waals surface area contributed by atoms with E-state index in [1.807, 2.05) is 24.3 Å². The van der Waals surface area contributed by atoms with Gasteiger partial charge in [0.25, 0.3) is 0 Å². The van der Waals surface area contributed by atoms with Gasteiger partial charge >= 0.3 is 0 Å². The lowest BCUT2D eigenvalue weighted by Gasteiger charge is -2.05. The van der Waals surface area contributed by atoms with Crippen molar-refractivity contribution in [1.82, 2.24) is 0 Å². The molecule has 0 bridgehead atoms. The number of oxime groups is 1. The van der Waals surface area contributed by atoms with Crippen molar-refractivity contribution in [3.63, 3.8) is 0 Å². The third-order valence-corrected chi connectivity index (χ3v) is 5.01. The molecule has 0 aliphatic rings. The fourth-order valence-electron chi connectivity index (χ4n) is 2.60. The first kappa shape index (κ1) is 16.1. The molecule has 4 nitrogen and oxygen atoms in total. The minimum Gasteiger partial charge on any atom is -0.508 e. The number of benzene rings is 2. The normalized spacial score (nSPS) is 11.1. The highest BCUT2D eigenvalue weighted by Crippen LogP contribution is 2.41. The first-order valence-corrected chi connectivity index (χ1v) is 8.20. The zero-order valence-electron chi connectivity index (χ0n) is 13.4. The number of phenols is 2. The van der Waals surface area contributed by atoms with E-state index in [4.69, 9.17) is 4.84 Å². The molecule has 0 fully saturated rings. The van der Waals surface area contributed by atoms with Gasteiger partial charge in [0.2, 0.25) is 0 Å². The first-order valence-electron chi connectivity index (χ1n) is 7.39. The number of hydrogen-bond donors (Lipinski definition) is 2. The van der Waals surface area contributed by atoms with Crippen molar-refractivity contribution < 1.29 is 15.1 Å². The Hall–Kier alpha value is -2.79. The SMILES string of the molecule is CON=Cc1sc(-c2ccc(O)cc2)c(C)c1-c1ccc(O)cc1. The average molecular weight is 339 g/mol. The van der Waals surface area contributed by atoms with Crippen LogP contribution in [0, 0.1) is 6.92 Å². The molecule has 0 unspecified atom stereocenters. The Morgan fingerprint density at radius 2 is 1.46 bits per heavy atom. The number of thiophene rings is 1. The van der Waals surface area contributed by atoms with Gasteiger partial charge in [-0.1, -0.05) is 17.3 Å². The molecule has 0 aliphatic carbocycles. The Morgan fingerprint density at radius 1 is 0.917 bits per heavy atom. The molecule has 5 heteroatoms. The predicted molar refractivity (Wildman–Crippen MR) is 97.9 cm³/mol. The van der Waals surface area contributed by atoms with Crippen molar-refractivity contribution in [2.24, 2.45) is 5.16 Å². The molecule has 24 heavy (non-hydrogen) atoms. The number of hydrogen-bond acceptors (Lipinski definition) is 5. The molecule has 1 heterocycles. The molecule has 3 aromatic rings. The maximum Gasteiger partial charge on any atom is 0.115 e. The quantitative estimate of drug-likeness (QED) is 0.531. The largest absolute Gasteiger partial charge is 0.508 e. The molecule has 0 radical (unpaired) electrons. The molecule has 2 N–H and O–H groups in total. The van der Waals surface area contributed by atoms with E-state index in [0.29, 0.717) is 0 Å². The van der Waals surface area contributed by atoms with Gasteiger partial charge in [-0.3, -0.25) is 0 Å². The van der Waals surface area contributed by atoms with Crippen LogP contribution in [0.1, 0.15) is 10.4 Å². The van der Waals surface area contributed by atoms with Crippen LogP contribution < -0.4 is 0 Å². The van der Waals surface area contributed by atoms with Crippen molar-refractivity contribution in [2.75, 3.05) is 7.11 Å². The summed E-state index contributed by atoms with van der Waals surface area (Å²) < 4.78 is 0. The van der Waals surface area contributed by atoms with Crippen molar-refractivity contribution in [1.29, 1.82) is 0 Å². The van der Waals surface area contributed by atoms with E-state index in [9.17, 15) is 10.2 Å². The van der Waals surface area contributed by atoms with E-state index >= 15 is 0 Å². The summed E-state index contributed by atoms with van der Waals surface area (Å²) in [6, 6.07) is 14.3. The highest BCUT2D eigenvalue weighted by molar-refractivity contribution is 7.18. The van der Waals surface area contributed by atoms with Crippen molar-refractivity contribution in [2.45, 2.75) is 6.92 Å². The fourth-order valence-corrected chi connectivity index (χ4v) is 3.80. The minimum absolute atomic E-state index is 0.234. The van der Waals surface area contributed by atoms with E-state index in [1.54, 1.807) is 41.8 Å².